The number of nitrogens with zero attached hydrogens (tertiary/aromatic N) is 1. The number of rotatable bonds is 24. The Kier molecular flexibility index (Phi) is 27.8. The van der Waals surface area contributed by atoms with Crippen molar-refractivity contribution in [2.45, 2.75) is 107 Å². The van der Waals surface area contributed by atoms with E-state index in [0.717, 1.165) is 51.4 Å². The van der Waals surface area contributed by atoms with Crippen molar-refractivity contribution < 1.29 is 44.1 Å². The van der Waals surface area contributed by atoms with Crippen molar-refractivity contribution in [2.75, 3.05) is 39.5 Å². The largest absolute Gasteiger partial charge is 0.481 e. The number of carboxylic acid groups (broad SMARTS) is 1. The zero-order chi connectivity index (χ0) is 28.5. The van der Waals surface area contributed by atoms with E-state index in [1.807, 2.05) is 0 Å². The summed E-state index contributed by atoms with van der Waals surface area (Å²) in [5.74, 6) is -0.762. The maximum absolute atomic E-state index is 11.2. The Balaban J connectivity index is 0. The number of aliphatic hydroxyl groups excluding tert-OH is 3. The summed E-state index contributed by atoms with van der Waals surface area (Å²) in [4.78, 5) is 30.4. The summed E-state index contributed by atoms with van der Waals surface area (Å²) in [6.45, 7) is 3.85. The maximum atomic E-state index is 11.2. The Bertz CT molecular complexity index is 558. The topological polar surface area (TPSA) is 168 Å². The Morgan fingerprint density at radius 3 is 1.78 bits per heavy atom. The molecule has 0 aromatic heterocycles. The molecule has 0 bridgehead atoms. The van der Waals surface area contributed by atoms with Gasteiger partial charge in [-0.25, -0.2) is 4.57 Å². The molecule has 0 spiro atoms. The van der Waals surface area contributed by atoms with Gasteiger partial charge in [-0.2, -0.15) is 0 Å². The van der Waals surface area contributed by atoms with Crippen LogP contribution in [0.1, 0.15) is 90.4 Å². The highest BCUT2D eigenvalue weighted by Crippen LogP contribution is 2.40. The van der Waals surface area contributed by atoms with Crippen LogP contribution in [-0.4, -0.2) is 97.4 Å². The Morgan fingerprint density at radius 2 is 1.30 bits per heavy atom. The molecular formula is C24H50Cl2NO9P. The normalized spacial score (nSPS) is 14.2. The van der Waals surface area contributed by atoms with Crippen molar-refractivity contribution in [1.29, 1.82) is 0 Å². The molecule has 13 heteroatoms. The Labute approximate surface area is 232 Å². The van der Waals surface area contributed by atoms with Gasteiger partial charge in [-0.15, -0.1) is 23.2 Å². The second kappa shape index (κ2) is 26.2. The van der Waals surface area contributed by atoms with Gasteiger partial charge < -0.3 is 30.2 Å². The standard InChI is InChI=1S/C18H35Cl2O6P.C6H15NO3/c1-2-3-4-8-11-15(26-27(23,24)25)14-17(20)16(19)12-9-6-5-7-10-13-18(21)22;8-4-1-7(2-5-9)3-6-10/h15-17H,2-14H2,1H3,(H,21,22)(H2,23,24,25);8-10H,1-6H2. The third kappa shape index (κ3) is 28.8. The van der Waals surface area contributed by atoms with Crippen LogP contribution in [0.3, 0.4) is 0 Å². The molecule has 0 aliphatic heterocycles. The van der Waals surface area contributed by atoms with Crippen LogP contribution < -0.4 is 0 Å². The van der Waals surface area contributed by atoms with Gasteiger partial charge in [0.2, 0.25) is 0 Å². The molecule has 0 saturated carbocycles. The average molecular weight is 599 g/mol. The van der Waals surface area contributed by atoms with E-state index in [9.17, 15) is 9.36 Å². The lowest BCUT2D eigenvalue weighted by atomic mass is 10.0. The fourth-order valence-corrected chi connectivity index (χ4v) is 4.85. The van der Waals surface area contributed by atoms with Crippen molar-refractivity contribution >= 4 is 37.0 Å². The van der Waals surface area contributed by atoms with E-state index < -0.39 is 25.3 Å². The Hall–Kier alpha value is -0.0000000000000000971. The van der Waals surface area contributed by atoms with Gasteiger partial charge >= 0.3 is 13.8 Å². The van der Waals surface area contributed by atoms with Gasteiger partial charge in [-0.3, -0.25) is 14.2 Å². The molecular weight excluding hydrogens is 548 g/mol. The monoisotopic (exact) mass is 597 g/mol. The fraction of sp³-hybridized carbons (Fsp3) is 0.958. The van der Waals surface area contributed by atoms with Crippen molar-refractivity contribution in [3.63, 3.8) is 0 Å². The molecule has 0 aromatic rings. The van der Waals surface area contributed by atoms with E-state index in [2.05, 4.69) is 6.92 Å². The zero-order valence-electron chi connectivity index (χ0n) is 22.2. The minimum atomic E-state index is -4.55. The first-order chi connectivity index (χ1) is 17.5. The summed E-state index contributed by atoms with van der Waals surface area (Å²) < 4.78 is 16.1. The summed E-state index contributed by atoms with van der Waals surface area (Å²) in [5, 5.41) is 33.3. The van der Waals surface area contributed by atoms with Gasteiger partial charge in [0.1, 0.15) is 0 Å². The van der Waals surface area contributed by atoms with E-state index in [4.69, 9.17) is 57.9 Å². The van der Waals surface area contributed by atoms with Crippen LogP contribution in [-0.2, 0) is 13.9 Å². The number of carboxylic acids is 1. The number of aliphatic carboxylic acids is 1. The molecule has 3 unspecified atom stereocenters. The number of hydrogen-bond acceptors (Lipinski definition) is 7. The molecule has 0 amide bonds. The second-order valence-corrected chi connectivity index (χ2v) is 11.4. The molecule has 10 nitrogen and oxygen atoms in total. The lowest BCUT2D eigenvalue weighted by Gasteiger charge is -2.23. The average Bonchev–Trinajstić information content (AvgIpc) is 2.80. The van der Waals surface area contributed by atoms with E-state index >= 15 is 0 Å². The maximum Gasteiger partial charge on any atom is 0.469 e. The summed E-state index contributed by atoms with van der Waals surface area (Å²) >= 11 is 12.7. The van der Waals surface area contributed by atoms with Crippen LogP contribution in [0.15, 0.2) is 0 Å². The van der Waals surface area contributed by atoms with Gasteiger partial charge in [0.25, 0.3) is 0 Å². The summed E-state index contributed by atoms with van der Waals surface area (Å²) in [6, 6.07) is 0. The van der Waals surface area contributed by atoms with Crippen molar-refractivity contribution in [3.8, 4) is 0 Å². The smallest absolute Gasteiger partial charge is 0.469 e. The minimum absolute atomic E-state index is 0.0694. The van der Waals surface area contributed by atoms with Crippen LogP contribution in [0, 0.1) is 0 Å². The van der Waals surface area contributed by atoms with E-state index in [0.29, 0.717) is 45.3 Å². The molecule has 0 heterocycles. The molecule has 224 valence electrons. The van der Waals surface area contributed by atoms with Gasteiger partial charge in [-0.1, -0.05) is 58.3 Å². The summed E-state index contributed by atoms with van der Waals surface area (Å²) in [5.41, 5.74) is 0. The highest BCUT2D eigenvalue weighted by molar-refractivity contribution is 7.46. The van der Waals surface area contributed by atoms with E-state index in [-0.39, 0.29) is 31.6 Å². The highest BCUT2D eigenvalue weighted by Gasteiger charge is 2.27. The number of phosphoric acid groups is 1. The first-order valence-corrected chi connectivity index (χ1v) is 15.7. The molecule has 3 atom stereocenters. The first-order valence-electron chi connectivity index (χ1n) is 13.3. The molecule has 0 saturated heterocycles. The fourth-order valence-electron chi connectivity index (χ4n) is 3.69. The second-order valence-electron chi connectivity index (χ2n) is 9.05. The zero-order valence-corrected chi connectivity index (χ0v) is 24.6. The third-order valence-corrected chi connectivity index (χ3v) is 7.37. The number of unbranched alkanes of at least 4 members (excludes halogenated alkanes) is 7. The lowest BCUT2D eigenvalue weighted by Crippen LogP contribution is -2.32. The van der Waals surface area contributed by atoms with Crippen LogP contribution in [0.25, 0.3) is 0 Å². The van der Waals surface area contributed by atoms with Crippen LogP contribution >= 0.6 is 31.0 Å². The predicted octanol–water partition coefficient (Wildman–Crippen LogP) is 4.12. The van der Waals surface area contributed by atoms with Gasteiger partial charge in [-0.05, 0) is 25.7 Å². The predicted molar refractivity (Wildman–Crippen MR) is 147 cm³/mol. The van der Waals surface area contributed by atoms with E-state index in [1.165, 1.54) is 0 Å². The van der Waals surface area contributed by atoms with Gasteiger partial charge in [0.15, 0.2) is 0 Å². The molecule has 0 aliphatic carbocycles. The Morgan fingerprint density at radius 1 is 0.811 bits per heavy atom. The number of carbonyl (C=O) groups is 1. The summed E-state index contributed by atoms with van der Waals surface area (Å²) in [6.07, 6.45) is 9.60. The third-order valence-electron chi connectivity index (χ3n) is 5.67. The van der Waals surface area contributed by atoms with Crippen LogP contribution in [0.5, 0.6) is 0 Å². The first kappa shape index (κ1) is 39.1. The molecule has 6 N–H and O–H groups in total. The number of hydrogen-bond donors (Lipinski definition) is 6. The minimum Gasteiger partial charge on any atom is -0.481 e. The SMILES string of the molecule is CCCCCCC(CC(Cl)C(Cl)CCCCCCCC(=O)O)OP(=O)(O)O.OCCN(CCO)CCO. The molecule has 0 rings (SSSR count). The molecule has 0 radical (unpaired) electrons. The lowest BCUT2D eigenvalue weighted by molar-refractivity contribution is -0.137. The number of halogens is 2. The van der Waals surface area contributed by atoms with Crippen LogP contribution in [0.4, 0.5) is 0 Å². The highest BCUT2D eigenvalue weighted by atomic mass is 35.5. The van der Waals surface area contributed by atoms with E-state index in [1.54, 1.807) is 4.90 Å². The number of phosphoric ester groups is 1. The van der Waals surface area contributed by atoms with Crippen LogP contribution in [0.2, 0.25) is 0 Å². The molecule has 37 heavy (non-hydrogen) atoms. The van der Waals surface area contributed by atoms with Gasteiger partial charge in [0.05, 0.1) is 36.7 Å². The molecule has 0 fully saturated rings. The van der Waals surface area contributed by atoms with Crippen molar-refractivity contribution in [3.05, 3.63) is 0 Å². The molecule has 0 aromatic carbocycles. The quantitative estimate of drug-likeness (QED) is 0.0540. The van der Waals surface area contributed by atoms with Gasteiger partial charge in [0, 0.05) is 26.1 Å². The molecule has 0 aliphatic rings. The van der Waals surface area contributed by atoms with Crippen molar-refractivity contribution in [2.24, 2.45) is 0 Å². The van der Waals surface area contributed by atoms with Crippen molar-refractivity contribution in [1.82, 2.24) is 4.90 Å². The number of aliphatic hydroxyl groups is 3. The number of alkyl halides is 2. The summed E-state index contributed by atoms with van der Waals surface area (Å²) in [7, 11) is -4.55.